The van der Waals surface area contributed by atoms with Crippen molar-refractivity contribution in [1.29, 1.82) is 0 Å². The van der Waals surface area contributed by atoms with Crippen LogP contribution in [0.3, 0.4) is 0 Å². The fourth-order valence-corrected chi connectivity index (χ4v) is 1.61. The number of carbonyl (C=O) groups excluding carboxylic acids is 1. The lowest BCUT2D eigenvalue weighted by molar-refractivity contribution is -0.150. The Morgan fingerprint density at radius 2 is 2.43 bits per heavy atom. The minimum Gasteiger partial charge on any atom is -0.467 e. The zero-order chi connectivity index (χ0) is 10.7. The van der Waals surface area contributed by atoms with Crippen molar-refractivity contribution in [3.63, 3.8) is 0 Å². The van der Waals surface area contributed by atoms with Gasteiger partial charge in [0.05, 0.1) is 7.11 Å². The third-order valence-corrected chi connectivity index (χ3v) is 2.23. The normalized spacial score (nSPS) is 12.6. The molecular formula is C9H11BrO4. The van der Waals surface area contributed by atoms with E-state index >= 15 is 0 Å². The van der Waals surface area contributed by atoms with Gasteiger partial charge in [-0.2, -0.15) is 0 Å². The molecule has 1 aromatic rings. The molecule has 0 aromatic carbocycles. The van der Waals surface area contributed by atoms with E-state index in [9.17, 15) is 9.90 Å². The number of halogens is 1. The first kappa shape index (κ1) is 11.3. The van der Waals surface area contributed by atoms with Gasteiger partial charge in [0.15, 0.2) is 10.8 Å². The molecule has 0 spiro atoms. The van der Waals surface area contributed by atoms with Gasteiger partial charge < -0.3 is 14.3 Å². The minimum atomic E-state index is -1.17. The van der Waals surface area contributed by atoms with Crippen LogP contribution in [0.15, 0.2) is 15.2 Å². The lowest BCUT2D eigenvalue weighted by atomic mass is 10.1. The second kappa shape index (κ2) is 4.61. The van der Waals surface area contributed by atoms with Gasteiger partial charge >= 0.3 is 5.97 Å². The number of aliphatic hydroxyl groups is 1. The highest BCUT2D eigenvalue weighted by atomic mass is 79.9. The summed E-state index contributed by atoms with van der Waals surface area (Å²) in [6.07, 6.45) is -1.04. The van der Waals surface area contributed by atoms with Crippen LogP contribution in [-0.2, 0) is 16.0 Å². The van der Waals surface area contributed by atoms with Crippen molar-refractivity contribution in [3.05, 3.63) is 22.1 Å². The molecule has 0 bridgehead atoms. The Morgan fingerprint density at radius 1 is 1.79 bits per heavy atom. The first-order valence-corrected chi connectivity index (χ1v) is 4.84. The van der Waals surface area contributed by atoms with Crippen molar-refractivity contribution in [2.75, 3.05) is 7.11 Å². The number of hydrogen-bond acceptors (Lipinski definition) is 4. The molecule has 1 atom stereocenters. The van der Waals surface area contributed by atoms with Gasteiger partial charge in [0.25, 0.3) is 0 Å². The van der Waals surface area contributed by atoms with Gasteiger partial charge in [0, 0.05) is 6.42 Å². The smallest absolute Gasteiger partial charge is 0.335 e. The Morgan fingerprint density at radius 3 is 2.86 bits per heavy atom. The summed E-state index contributed by atoms with van der Waals surface area (Å²) < 4.78 is 10.2. The van der Waals surface area contributed by atoms with E-state index in [1.165, 1.54) is 7.11 Å². The van der Waals surface area contributed by atoms with E-state index in [-0.39, 0.29) is 6.42 Å². The first-order valence-electron chi connectivity index (χ1n) is 4.05. The number of furan rings is 1. The molecule has 1 heterocycles. The molecule has 0 fully saturated rings. The van der Waals surface area contributed by atoms with Gasteiger partial charge in [-0.15, -0.1) is 0 Å². The van der Waals surface area contributed by atoms with Crippen molar-refractivity contribution in [3.8, 4) is 0 Å². The van der Waals surface area contributed by atoms with Crippen LogP contribution < -0.4 is 0 Å². The molecule has 0 aliphatic carbocycles. The summed E-state index contributed by atoms with van der Waals surface area (Å²) >= 11 is 3.16. The molecule has 0 aliphatic rings. The van der Waals surface area contributed by atoms with Crippen molar-refractivity contribution in [2.45, 2.75) is 19.4 Å². The van der Waals surface area contributed by atoms with E-state index in [1.54, 1.807) is 6.07 Å². The molecule has 0 aliphatic heterocycles. The number of rotatable bonds is 3. The highest BCUT2D eigenvalue weighted by Gasteiger charge is 2.19. The molecule has 0 saturated carbocycles. The molecule has 1 unspecified atom stereocenters. The van der Waals surface area contributed by atoms with Gasteiger partial charge in [-0.25, -0.2) is 4.79 Å². The maximum atomic E-state index is 10.9. The van der Waals surface area contributed by atoms with E-state index < -0.39 is 12.1 Å². The van der Waals surface area contributed by atoms with E-state index in [1.807, 2.05) is 6.92 Å². The fraction of sp³-hybridized carbons (Fsp3) is 0.444. The lowest BCUT2D eigenvalue weighted by Crippen LogP contribution is -2.24. The zero-order valence-electron chi connectivity index (χ0n) is 7.91. The fourth-order valence-electron chi connectivity index (χ4n) is 1.08. The van der Waals surface area contributed by atoms with Crippen LogP contribution in [0.4, 0.5) is 0 Å². The van der Waals surface area contributed by atoms with Crippen molar-refractivity contribution in [2.24, 2.45) is 0 Å². The number of hydrogen-bond donors (Lipinski definition) is 1. The van der Waals surface area contributed by atoms with Gasteiger partial charge in [0.1, 0.15) is 5.76 Å². The van der Waals surface area contributed by atoms with Crippen molar-refractivity contribution < 1.29 is 19.1 Å². The topological polar surface area (TPSA) is 59.7 Å². The minimum absolute atomic E-state index is 0.129. The number of esters is 1. The van der Waals surface area contributed by atoms with Crippen molar-refractivity contribution >= 4 is 21.9 Å². The summed E-state index contributed by atoms with van der Waals surface area (Å²) in [5.74, 6) is -0.0771. The highest BCUT2D eigenvalue weighted by Crippen LogP contribution is 2.20. The molecule has 1 aromatic heterocycles. The first-order chi connectivity index (χ1) is 6.54. The van der Waals surface area contributed by atoms with Crippen molar-refractivity contribution in [1.82, 2.24) is 0 Å². The predicted molar refractivity (Wildman–Crippen MR) is 52.9 cm³/mol. The van der Waals surface area contributed by atoms with Gasteiger partial charge in [0.2, 0.25) is 0 Å². The Bertz CT molecular complexity index is 332. The largest absolute Gasteiger partial charge is 0.467 e. The maximum Gasteiger partial charge on any atom is 0.335 e. The second-order valence-corrected chi connectivity index (χ2v) is 3.68. The van der Waals surface area contributed by atoms with E-state index in [0.717, 1.165) is 5.56 Å². The molecule has 14 heavy (non-hydrogen) atoms. The molecular weight excluding hydrogens is 252 g/mol. The number of methoxy groups -OCH3 is 1. The summed E-state index contributed by atoms with van der Waals surface area (Å²) in [5, 5.41) is 9.35. The van der Waals surface area contributed by atoms with E-state index in [2.05, 4.69) is 20.7 Å². The molecule has 1 N–H and O–H groups in total. The van der Waals surface area contributed by atoms with E-state index in [4.69, 9.17) is 4.42 Å². The summed E-state index contributed by atoms with van der Waals surface area (Å²) in [6, 6.07) is 1.78. The zero-order valence-corrected chi connectivity index (χ0v) is 9.50. The monoisotopic (exact) mass is 262 g/mol. The molecule has 78 valence electrons. The standard InChI is InChI=1S/C9H11BrO4/c1-5-3-8(10)14-7(5)4-6(11)9(12)13-2/h3,6,11H,4H2,1-2H3. The van der Waals surface area contributed by atoms with Gasteiger partial charge in [-0.3, -0.25) is 0 Å². The molecule has 0 amide bonds. The summed E-state index contributed by atoms with van der Waals surface area (Å²) in [6.45, 7) is 1.84. The third kappa shape index (κ3) is 2.59. The van der Waals surface area contributed by atoms with Crippen LogP contribution in [0.25, 0.3) is 0 Å². The molecule has 0 radical (unpaired) electrons. The van der Waals surface area contributed by atoms with Crippen LogP contribution in [-0.4, -0.2) is 24.3 Å². The number of aliphatic hydroxyl groups excluding tert-OH is 1. The quantitative estimate of drug-likeness (QED) is 0.838. The Labute approximate surface area is 90.0 Å². The second-order valence-electron chi connectivity index (χ2n) is 2.90. The third-order valence-electron chi connectivity index (χ3n) is 1.84. The average molecular weight is 263 g/mol. The Hall–Kier alpha value is -0.810. The average Bonchev–Trinajstić information content (AvgIpc) is 2.44. The summed E-state index contributed by atoms with van der Waals surface area (Å²) in [5.41, 5.74) is 0.889. The molecule has 1 rings (SSSR count). The Kier molecular flexibility index (Phi) is 3.71. The van der Waals surface area contributed by atoms with Crippen LogP contribution in [0, 0.1) is 6.92 Å². The van der Waals surface area contributed by atoms with Crippen LogP contribution >= 0.6 is 15.9 Å². The molecule has 5 heteroatoms. The molecule has 0 saturated heterocycles. The number of carbonyl (C=O) groups is 1. The van der Waals surface area contributed by atoms with Crippen LogP contribution in [0.2, 0.25) is 0 Å². The van der Waals surface area contributed by atoms with Gasteiger partial charge in [-0.05, 0) is 34.5 Å². The highest BCUT2D eigenvalue weighted by molar-refractivity contribution is 9.10. The van der Waals surface area contributed by atoms with Gasteiger partial charge in [-0.1, -0.05) is 0 Å². The van der Waals surface area contributed by atoms with Crippen LogP contribution in [0.5, 0.6) is 0 Å². The summed E-state index contributed by atoms with van der Waals surface area (Å²) in [4.78, 5) is 10.9. The molecule has 4 nitrogen and oxygen atoms in total. The predicted octanol–water partition coefficient (Wildman–Crippen LogP) is 1.43. The lowest BCUT2D eigenvalue weighted by Gasteiger charge is -2.06. The number of ether oxygens (including phenoxy) is 1. The summed E-state index contributed by atoms with van der Waals surface area (Å²) in [7, 11) is 1.23. The SMILES string of the molecule is COC(=O)C(O)Cc1oc(Br)cc1C. The van der Waals surface area contributed by atoms with E-state index in [0.29, 0.717) is 10.4 Å². The maximum absolute atomic E-state index is 10.9. The number of aryl methyl sites for hydroxylation is 1. The van der Waals surface area contributed by atoms with Crippen LogP contribution in [0.1, 0.15) is 11.3 Å². The Balaban J connectivity index is 2.69.